The lowest BCUT2D eigenvalue weighted by atomic mass is 10.2. The molecule has 96 valence electrons. The Hall–Kier alpha value is -1.86. The minimum Gasteiger partial charge on any atom is -0.255 e. The Morgan fingerprint density at radius 3 is 2.79 bits per heavy atom. The molecule has 2 aromatic heterocycles. The number of unbranched alkanes of at least 4 members (excludes halogenated alkanes) is 1. The molecule has 0 amide bonds. The van der Waals surface area contributed by atoms with E-state index in [4.69, 9.17) is 5.26 Å². The molecule has 2 aromatic rings. The minimum atomic E-state index is 0.640. The van der Waals surface area contributed by atoms with Gasteiger partial charge in [0.2, 0.25) is 0 Å². The fourth-order valence-electron chi connectivity index (χ4n) is 1.61. The maximum atomic E-state index is 9.12. The molecular formula is C15H15N3S. The summed E-state index contributed by atoms with van der Waals surface area (Å²) in [6.07, 6.45) is 4.03. The fourth-order valence-corrected chi connectivity index (χ4v) is 2.66. The van der Waals surface area contributed by atoms with Crippen molar-refractivity contribution in [1.29, 1.82) is 5.26 Å². The highest BCUT2D eigenvalue weighted by atomic mass is 32.2. The number of hydrogen-bond acceptors (Lipinski definition) is 4. The van der Waals surface area contributed by atoms with Gasteiger partial charge in [-0.05, 0) is 36.4 Å². The lowest BCUT2D eigenvalue weighted by Gasteiger charge is -2.05. The zero-order valence-corrected chi connectivity index (χ0v) is 11.7. The van der Waals surface area contributed by atoms with Crippen LogP contribution in [0.15, 0.2) is 41.6 Å². The maximum absolute atomic E-state index is 9.12. The topological polar surface area (TPSA) is 49.6 Å². The summed E-state index contributed by atoms with van der Waals surface area (Å²) in [5.41, 5.74) is 2.30. The molecule has 0 fully saturated rings. The Labute approximate surface area is 117 Å². The Balaban J connectivity index is 2.28. The summed E-state index contributed by atoms with van der Waals surface area (Å²) in [4.78, 5) is 8.85. The lowest BCUT2D eigenvalue weighted by Crippen LogP contribution is -1.93. The molecule has 0 aliphatic rings. The van der Waals surface area contributed by atoms with Crippen LogP contribution in [0.5, 0.6) is 0 Å². The SMILES string of the molecule is CCCCSc1nc(-c2ccccn2)ccc1C#N. The van der Waals surface area contributed by atoms with Crippen molar-refractivity contribution in [2.24, 2.45) is 0 Å². The van der Waals surface area contributed by atoms with Crippen molar-refractivity contribution in [1.82, 2.24) is 9.97 Å². The third-order valence-electron chi connectivity index (χ3n) is 2.64. The molecule has 3 nitrogen and oxygen atoms in total. The zero-order chi connectivity index (χ0) is 13.5. The molecule has 0 N–H and O–H groups in total. The van der Waals surface area contributed by atoms with Gasteiger partial charge in [0.05, 0.1) is 17.0 Å². The minimum absolute atomic E-state index is 0.640. The van der Waals surface area contributed by atoms with Gasteiger partial charge in [-0.2, -0.15) is 5.26 Å². The zero-order valence-electron chi connectivity index (χ0n) is 10.8. The van der Waals surface area contributed by atoms with Gasteiger partial charge in [-0.3, -0.25) is 4.98 Å². The summed E-state index contributed by atoms with van der Waals surface area (Å²) in [6, 6.07) is 11.6. The number of rotatable bonds is 5. The van der Waals surface area contributed by atoms with Crippen LogP contribution in [0, 0.1) is 11.3 Å². The van der Waals surface area contributed by atoms with Crippen LogP contribution in [0.3, 0.4) is 0 Å². The lowest BCUT2D eigenvalue weighted by molar-refractivity contribution is 0.894. The molecule has 0 saturated carbocycles. The third-order valence-corrected chi connectivity index (χ3v) is 3.72. The van der Waals surface area contributed by atoms with E-state index >= 15 is 0 Å². The second kappa shape index (κ2) is 6.91. The molecule has 0 radical (unpaired) electrons. The van der Waals surface area contributed by atoms with Gasteiger partial charge in [0.15, 0.2) is 0 Å². The number of thioether (sulfide) groups is 1. The van der Waals surface area contributed by atoms with Crippen LogP contribution in [0.4, 0.5) is 0 Å². The van der Waals surface area contributed by atoms with Gasteiger partial charge in [0.25, 0.3) is 0 Å². The number of pyridine rings is 2. The van der Waals surface area contributed by atoms with E-state index in [0.717, 1.165) is 35.0 Å². The molecule has 2 heterocycles. The second-order valence-electron chi connectivity index (χ2n) is 4.08. The van der Waals surface area contributed by atoms with Crippen LogP contribution in [0.1, 0.15) is 25.3 Å². The largest absolute Gasteiger partial charge is 0.255 e. The quantitative estimate of drug-likeness (QED) is 0.610. The van der Waals surface area contributed by atoms with E-state index in [0.29, 0.717) is 5.56 Å². The molecule has 0 bridgehead atoms. The van der Waals surface area contributed by atoms with E-state index in [1.165, 1.54) is 0 Å². The summed E-state index contributed by atoms with van der Waals surface area (Å²) in [6.45, 7) is 2.16. The molecule has 0 aliphatic heterocycles. The monoisotopic (exact) mass is 269 g/mol. The normalized spacial score (nSPS) is 10.1. The third kappa shape index (κ3) is 3.55. The summed E-state index contributed by atoms with van der Waals surface area (Å²) in [7, 11) is 0. The highest BCUT2D eigenvalue weighted by Crippen LogP contribution is 2.24. The summed E-state index contributed by atoms with van der Waals surface area (Å²) in [5.74, 6) is 0.990. The average molecular weight is 269 g/mol. The predicted octanol–water partition coefficient (Wildman–Crippen LogP) is 3.91. The molecule has 4 heteroatoms. The first-order chi connectivity index (χ1) is 9.35. The molecule has 19 heavy (non-hydrogen) atoms. The molecule has 0 aliphatic carbocycles. The van der Waals surface area contributed by atoms with E-state index in [1.54, 1.807) is 18.0 Å². The first kappa shape index (κ1) is 13.6. The van der Waals surface area contributed by atoms with Crippen molar-refractivity contribution in [3.63, 3.8) is 0 Å². The molecule has 0 unspecified atom stereocenters. The van der Waals surface area contributed by atoms with Gasteiger partial charge in [-0.1, -0.05) is 19.4 Å². The summed E-state index contributed by atoms with van der Waals surface area (Å²) in [5, 5.41) is 9.92. The number of aromatic nitrogens is 2. The van der Waals surface area contributed by atoms with E-state index in [9.17, 15) is 0 Å². The van der Waals surface area contributed by atoms with Crippen molar-refractivity contribution in [2.75, 3.05) is 5.75 Å². The molecule has 0 saturated heterocycles. The van der Waals surface area contributed by atoms with E-state index in [2.05, 4.69) is 23.0 Å². The van der Waals surface area contributed by atoms with E-state index in [-0.39, 0.29) is 0 Å². The van der Waals surface area contributed by atoms with Crippen LogP contribution in [0.25, 0.3) is 11.4 Å². The molecular weight excluding hydrogens is 254 g/mol. The average Bonchev–Trinajstić information content (AvgIpc) is 2.48. The first-order valence-electron chi connectivity index (χ1n) is 6.30. The van der Waals surface area contributed by atoms with Gasteiger partial charge in [0.1, 0.15) is 11.1 Å². The predicted molar refractivity (Wildman–Crippen MR) is 77.8 cm³/mol. The Kier molecular flexibility index (Phi) is 4.93. The second-order valence-corrected chi connectivity index (χ2v) is 5.16. The van der Waals surface area contributed by atoms with Crippen molar-refractivity contribution in [2.45, 2.75) is 24.8 Å². The molecule has 0 atom stereocenters. The Morgan fingerprint density at radius 1 is 1.21 bits per heavy atom. The van der Waals surface area contributed by atoms with E-state index < -0.39 is 0 Å². The van der Waals surface area contributed by atoms with Crippen LogP contribution in [0.2, 0.25) is 0 Å². The highest BCUT2D eigenvalue weighted by Gasteiger charge is 2.08. The molecule has 0 spiro atoms. The van der Waals surface area contributed by atoms with Crippen LogP contribution in [-0.2, 0) is 0 Å². The standard InChI is InChI=1S/C15H15N3S/c1-2-3-10-19-15-12(11-16)7-8-14(18-15)13-6-4-5-9-17-13/h4-9H,2-3,10H2,1H3. The van der Waals surface area contributed by atoms with Crippen molar-refractivity contribution in [3.8, 4) is 17.5 Å². The van der Waals surface area contributed by atoms with Gasteiger partial charge < -0.3 is 0 Å². The summed E-state index contributed by atoms with van der Waals surface area (Å²) >= 11 is 1.64. The number of hydrogen-bond donors (Lipinski definition) is 0. The molecule has 2 rings (SSSR count). The maximum Gasteiger partial charge on any atom is 0.115 e. The Morgan fingerprint density at radius 2 is 2.11 bits per heavy atom. The number of nitriles is 1. The van der Waals surface area contributed by atoms with Crippen molar-refractivity contribution in [3.05, 3.63) is 42.1 Å². The van der Waals surface area contributed by atoms with Crippen LogP contribution < -0.4 is 0 Å². The summed E-state index contributed by atoms with van der Waals surface area (Å²) < 4.78 is 0. The smallest absolute Gasteiger partial charge is 0.115 e. The number of nitrogens with zero attached hydrogens (tertiary/aromatic N) is 3. The van der Waals surface area contributed by atoms with E-state index in [1.807, 2.05) is 30.3 Å². The Bertz CT molecular complexity index is 576. The van der Waals surface area contributed by atoms with Gasteiger partial charge in [0, 0.05) is 6.20 Å². The van der Waals surface area contributed by atoms with Crippen molar-refractivity contribution < 1.29 is 0 Å². The first-order valence-corrected chi connectivity index (χ1v) is 7.29. The highest BCUT2D eigenvalue weighted by molar-refractivity contribution is 7.99. The molecule has 0 aromatic carbocycles. The van der Waals surface area contributed by atoms with Crippen LogP contribution >= 0.6 is 11.8 Å². The fraction of sp³-hybridized carbons (Fsp3) is 0.267. The van der Waals surface area contributed by atoms with Gasteiger partial charge >= 0.3 is 0 Å². The van der Waals surface area contributed by atoms with Crippen molar-refractivity contribution >= 4 is 11.8 Å². The van der Waals surface area contributed by atoms with Gasteiger partial charge in [-0.25, -0.2) is 4.98 Å². The van der Waals surface area contributed by atoms with Gasteiger partial charge in [-0.15, -0.1) is 11.8 Å². The van der Waals surface area contributed by atoms with Crippen LogP contribution in [-0.4, -0.2) is 15.7 Å².